The van der Waals surface area contributed by atoms with Gasteiger partial charge in [-0.25, -0.2) is 0 Å². The van der Waals surface area contributed by atoms with E-state index in [-0.39, 0.29) is 17.7 Å². The summed E-state index contributed by atoms with van der Waals surface area (Å²) in [5.41, 5.74) is 0.944. The van der Waals surface area contributed by atoms with Crippen molar-refractivity contribution in [2.24, 2.45) is 11.8 Å². The molecule has 1 aromatic heterocycles. The minimum atomic E-state index is -0.0732. The van der Waals surface area contributed by atoms with Gasteiger partial charge in [-0.1, -0.05) is 5.21 Å². The van der Waals surface area contributed by atoms with Crippen LogP contribution in [0.15, 0.2) is 6.20 Å². The summed E-state index contributed by atoms with van der Waals surface area (Å²) in [7, 11) is 1.90. The van der Waals surface area contributed by atoms with Crippen LogP contribution in [-0.2, 0) is 22.7 Å². The number of aromatic nitrogens is 3. The van der Waals surface area contributed by atoms with Gasteiger partial charge in [0, 0.05) is 45.3 Å². The first kappa shape index (κ1) is 18.8. The van der Waals surface area contributed by atoms with Crippen molar-refractivity contribution in [3.8, 4) is 0 Å². The monoisotopic (exact) mass is 363 g/mol. The molecule has 144 valence electrons. The van der Waals surface area contributed by atoms with E-state index >= 15 is 0 Å². The number of fused-ring (bicyclic) bond motifs is 3. The van der Waals surface area contributed by atoms with E-state index in [2.05, 4.69) is 31.2 Å². The molecule has 4 heterocycles. The van der Waals surface area contributed by atoms with Gasteiger partial charge in [-0.05, 0) is 32.4 Å². The zero-order valence-corrected chi connectivity index (χ0v) is 15.6. The van der Waals surface area contributed by atoms with Gasteiger partial charge < -0.3 is 16.0 Å². The predicted octanol–water partition coefficient (Wildman–Crippen LogP) is -1.04. The molecule has 1 unspecified atom stereocenters. The first-order valence-corrected chi connectivity index (χ1v) is 9.36. The summed E-state index contributed by atoms with van der Waals surface area (Å²) < 4.78 is 1.92. The molecule has 3 fully saturated rings. The zero-order chi connectivity index (χ0) is 18.5. The Labute approximate surface area is 153 Å². The third-order valence-electron chi connectivity index (χ3n) is 5.36. The van der Waals surface area contributed by atoms with E-state index in [0.717, 1.165) is 44.7 Å². The molecule has 0 aliphatic carbocycles. The maximum absolute atomic E-state index is 12.5. The molecule has 4 atom stereocenters. The lowest BCUT2D eigenvalue weighted by atomic mass is 9.75. The van der Waals surface area contributed by atoms with Crippen LogP contribution in [0.25, 0.3) is 0 Å². The maximum Gasteiger partial charge on any atom is 0.224 e. The summed E-state index contributed by atoms with van der Waals surface area (Å²) >= 11 is 0. The van der Waals surface area contributed by atoms with Gasteiger partial charge in [-0.15, -0.1) is 5.10 Å². The Morgan fingerprint density at radius 3 is 2.81 bits per heavy atom. The normalized spacial score (nSPS) is 27.3. The van der Waals surface area contributed by atoms with Gasteiger partial charge in [-0.2, -0.15) is 0 Å². The van der Waals surface area contributed by atoms with Crippen LogP contribution in [0.1, 0.15) is 25.5 Å². The lowest BCUT2D eigenvalue weighted by Gasteiger charge is -2.49. The van der Waals surface area contributed by atoms with E-state index in [1.54, 1.807) is 0 Å². The van der Waals surface area contributed by atoms with Crippen molar-refractivity contribution in [2.45, 2.75) is 38.9 Å². The molecule has 0 spiro atoms. The molecule has 3 saturated heterocycles. The van der Waals surface area contributed by atoms with Gasteiger partial charge in [0.2, 0.25) is 11.8 Å². The van der Waals surface area contributed by atoms with Crippen LogP contribution in [0.3, 0.4) is 0 Å². The predicted molar refractivity (Wildman–Crippen MR) is 96.1 cm³/mol. The number of carbonyl (C=O) groups excluding carboxylic acids is 2. The minimum absolute atomic E-state index is 0.0490. The standard InChI is InChI=1S/C17H29N7O2/c1-12(25)19-4-5-20-17(26)16-11-23-6-3-13(16)7-15(23)10-24-9-14(8-18-2)21-22-24/h9,13,15-16,18H,3-8,10-11H2,1-2H3,(H,19,25)(H,20,26)/t13-,15+,16+/m0/s1. The van der Waals surface area contributed by atoms with Gasteiger partial charge in [0.25, 0.3) is 0 Å². The summed E-state index contributed by atoms with van der Waals surface area (Å²) in [5.74, 6) is 0.510. The van der Waals surface area contributed by atoms with Crippen LogP contribution in [-0.4, -0.2) is 71.0 Å². The molecule has 9 nitrogen and oxygen atoms in total. The fourth-order valence-corrected chi connectivity index (χ4v) is 4.09. The molecule has 0 radical (unpaired) electrons. The average Bonchev–Trinajstić information content (AvgIpc) is 3.06. The lowest BCUT2D eigenvalue weighted by Crippen LogP contribution is -2.58. The number of nitrogens with zero attached hydrogens (tertiary/aromatic N) is 4. The number of amides is 2. The molecule has 2 bridgehead atoms. The van der Waals surface area contributed by atoms with Gasteiger partial charge in [0.15, 0.2) is 0 Å². The van der Waals surface area contributed by atoms with Crippen LogP contribution in [0.2, 0.25) is 0 Å². The molecule has 2 amide bonds. The smallest absolute Gasteiger partial charge is 0.224 e. The van der Waals surface area contributed by atoms with Crippen molar-refractivity contribution in [2.75, 3.05) is 33.2 Å². The first-order valence-electron chi connectivity index (χ1n) is 9.36. The molecular weight excluding hydrogens is 334 g/mol. The fraction of sp³-hybridized carbons (Fsp3) is 0.765. The summed E-state index contributed by atoms with van der Waals surface area (Å²) in [5, 5.41) is 17.1. The van der Waals surface area contributed by atoms with Crippen molar-refractivity contribution in [3.63, 3.8) is 0 Å². The fourth-order valence-electron chi connectivity index (χ4n) is 4.09. The zero-order valence-electron chi connectivity index (χ0n) is 15.6. The molecule has 4 rings (SSSR count). The van der Waals surface area contributed by atoms with Crippen LogP contribution in [0, 0.1) is 11.8 Å². The highest BCUT2D eigenvalue weighted by molar-refractivity contribution is 5.79. The van der Waals surface area contributed by atoms with E-state index in [1.807, 2.05) is 17.9 Å². The number of hydrogen-bond acceptors (Lipinski definition) is 6. The number of hydrogen-bond donors (Lipinski definition) is 3. The quantitative estimate of drug-likeness (QED) is 0.510. The van der Waals surface area contributed by atoms with E-state index in [1.165, 1.54) is 6.92 Å². The molecular formula is C17H29N7O2. The molecule has 3 N–H and O–H groups in total. The van der Waals surface area contributed by atoms with Crippen LogP contribution < -0.4 is 16.0 Å². The van der Waals surface area contributed by atoms with Crippen molar-refractivity contribution >= 4 is 11.8 Å². The molecule has 0 saturated carbocycles. The van der Waals surface area contributed by atoms with E-state index in [9.17, 15) is 9.59 Å². The summed E-state index contributed by atoms with van der Waals surface area (Å²) in [4.78, 5) is 25.8. The Kier molecular flexibility index (Phi) is 6.20. The molecule has 3 aliphatic heterocycles. The number of rotatable bonds is 8. The average molecular weight is 363 g/mol. The van der Waals surface area contributed by atoms with Gasteiger partial charge in [0.1, 0.15) is 0 Å². The lowest BCUT2D eigenvalue weighted by molar-refractivity contribution is -0.133. The number of piperidine rings is 3. The minimum Gasteiger partial charge on any atom is -0.355 e. The highest BCUT2D eigenvalue weighted by Crippen LogP contribution is 2.36. The number of carbonyl (C=O) groups is 2. The topological polar surface area (TPSA) is 104 Å². The summed E-state index contributed by atoms with van der Waals surface area (Å²) in [6.45, 7) is 5.83. The number of nitrogens with one attached hydrogen (secondary N) is 3. The van der Waals surface area contributed by atoms with E-state index in [4.69, 9.17) is 0 Å². The molecule has 3 aliphatic rings. The Balaban J connectivity index is 1.49. The van der Waals surface area contributed by atoms with Crippen LogP contribution in [0.5, 0.6) is 0 Å². The van der Waals surface area contributed by atoms with Crippen molar-refractivity contribution in [1.29, 1.82) is 0 Å². The van der Waals surface area contributed by atoms with Gasteiger partial charge >= 0.3 is 0 Å². The second-order valence-corrected chi connectivity index (χ2v) is 7.28. The molecule has 0 aromatic carbocycles. The van der Waals surface area contributed by atoms with Gasteiger partial charge in [0.05, 0.1) is 18.2 Å². The third kappa shape index (κ3) is 4.59. The van der Waals surface area contributed by atoms with E-state index < -0.39 is 0 Å². The van der Waals surface area contributed by atoms with E-state index in [0.29, 0.717) is 25.0 Å². The highest BCUT2D eigenvalue weighted by atomic mass is 16.2. The Bertz CT molecular complexity index is 632. The van der Waals surface area contributed by atoms with Crippen LogP contribution >= 0.6 is 0 Å². The summed E-state index contributed by atoms with van der Waals surface area (Å²) in [6, 6.07) is 0.418. The third-order valence-corrected chi connectivity index (χ3v) is 5.36. The second-order valence-electron chi connectivity index (χ2n) is 7.28. The first-order chi connectivity index (χ1) is 12.6. The van der Waals surface area contributed by atoms with Crippen molar-refractivity contribution in [1.82, 2.24) is 35.8 Å². The molecule has 1 aromatic rings. The summed E-state index contributed by atoms with van der Waals surface area (Å²) in [6.07, 6.45) is 4.08. The molecule has 9 heteroatoms. The highest BCUT2D eigenvalue weighted by Gasteiger charge is 2.43. The Hall–Kier alpha value is -2.00. The van der Waals surface area contributed by atoms with Crippen molar-refractivity contribution in [3.05, 3.63) is 11.9 Å². The maximum atomic E-state index is 12.5. The largest absolute Gasteiger partial charge is 0.355 e. The SMILES string of the molecule is CNCc1cn(C[C@H]2C[C@@H]3CCN2C[C@H]3C(=O)NCCNC(C)=O)nn1. The molecule has 26 heavy (non-hydrogen) atoms. The second kappa shape index (κ2) is 8.59. The van der Waals surface area contributed by atoms with Crippen molar-refractivity contribution < 1.29 is 9.59 Å². The van der Waals surface area contributed by atoms with Gasteiger partial charge in [-0.3, -0.25) is 19.2 Å². The van der Waals surface area contributed by atoms with Crippen LogP contribution in [0.4, 0.5) is 0 Å². The Morgan fingerprint density at radius 1 is 1.31 bits per heavy atom. The Morgan fingerprint density at radius 2 is 2.12 bits per heavy atom.